The van der Waals surface area contributed by atoms with E-state index in [4.69, 9.17) is 0 Å². The lowest BCUT2D eigenvalue weighted by molar-refractivity contribution is -0.135. The first-order chi connectivity index (χ1) is 7.56. The van der Waals surface area contributed by atoms with Gasteiger partial charge in [-0.05, 0) is 25.7 Å². The van der Waals surface area contributed by atoms with Crippen LogP contribution in [0.1, 0.15) is 41.0 Å². The van der Waals surface area contributed by atoms with Crippen LogP contribution in [0, 0.1) is 5.41 Å². The van der Waals surface area contributed by atoms with Crippen molar-refractivity contribution in [2.75, 3.05) is 7.11 Å². The van der Waals surface area contributed by atoms with E-state index in [1.807, 2.05) is 13.8 Å². The highest BCUT2D eigenvalue weighted by atomic mass is 16.5. The maximum atomic E-state index is 11.6. The zero-order valence-corrected chi connectivity index (χ0v) is 11.6. The Bertz CT molecular complexity index is 311. The van der Waals surface area contributed by atoms with Gasteiger partial charge in [-0.2, -0.15) is 0 Å². The molecule has 0 radical (unpaired) electrons. The van der Waals surface area contributed by atoms with Crippen LogP contribution in [-0.2, 0) is 14.3 Å². The van der Waals surface area contributed by atoms with E-state index in [-0.39, 0.29) is 16.9 Å². The standard InChI is InChI=1S/C13H23NO3/c1-12(2,3)9-13(4,5)14-10(15)7-8-11(16)17-6/h7-8H,9H2,1-6H3,(H,14,15)/b8-7-. The third-order valence-corrected chi connectivity index (χ3v) is 2.01. The van der Waals surface area contributed by atoms with Crippen molar-refractivity contribution in [1.29, 1.82) is 0 Å². The van der Waals surface area contributed by atoms with Crippen LogP contribution < -0.4 is 5.32 Å². The lowest BCUT2D eigenvalue weighted by atomic mass is 9.82. The van der Waals surface area contributed by atoms with Gasteiger partial charge in [-0.1, -0.05) is 20.8 Å². The summed E-state index contributed by atoms with van der Waals surface area (Å²) in [7, 11) is 1.27. The summed E-state index contributed by atoms with van der Waals surface area (Å²) in [6.45, 7) is 10.3. The lowest BCUT2D eigenvalue weighted by Crippen LogP contribution is -2.45. The first kappa shape index (κ1) is 15.7. The minimum absolute atomic E-state index is 0.128. The topological polar surface area (TPSA) is 55.4 Å². The highest BCUT2D eigenvalue weighted by Crippen LogP contribution is 2.26. The maximum Gasteiger partial charge on any atom is 0.330 e. The van der Waals surface area contributed by atoms with Gasteiger partial charge in [0.15, 0.2) is 0 Å². The third-order valence-electron chi connectivity index (χ3n) is 2.01. The van der Waals surface area contributed by atoms with E-state index in [2.05, 4.69) is 30.8 Å². The number of hydrogen-bond acceptors (Lipinski definition) is 3. The second-order valence-corrected chi connectivity index (χ2v) is 5.97. The van der Waals surface area contributed by atoms with Crippen LogP contribution in [0.3, 0.4) is 0 Å². The van der Waals surface area contributed by atoms with Gasteiger partial charge >= 0.3 is 5.97 Å². The quantitative estimate of drug-likeness (QED) is 0.605. The lowest BCUT2D eigenvalue weighted by Gasteiger charge is -2.32. The largest absolute Gasteiger partial charge is 0.466 e. The highest BCUT2D eigenvalue weighted by Gasteiger charge is 2.26. The van der Waals surface area contributed by atoms with E-state index in [1.54, 1.807) is 0 Å². The molecule has 4 nitrogen and oxygen atoms in total. The van der Waals surface area contributed by atoms with Gasteiger partial charge in [0.05, 0.1) is 7.11 Å². The molecule has 0 atom stereocenters. The van der Waals surface area contributed by atoms with Crippen molar-refractivity contribution in [3.8, 4) is 0 Å². The molecule has 17 heavy (non-hydrogen) atoms. The molecular formula is C13H23NO3. The Balaban J connectivity index is 4.37. The van der Waals surface area contributed by atoms with Crippen LogP contribution in [0.2, 0.25) is 0 Å². The second kappa shape index (κ2) is 5.84. The van der Waals surface area contributed by atoms with Gasteiger partial charge in [0.1, 0.15) is 0 Å². The minimum atomic E-state index is -0.534. The fourth-order valence-corrected chi connectivity index (χ4v) is 1.96. The summed E-state index contributed by atoms with van der Waals surface area (Å²) in [6, 6.07) is 0. The third kappa shape index (κ3) is 8.48. The normalized spacial score (nSPS) is 12.6. The number of carbonyl (C=O) groups is 2. The van der Waals surface area contributed by atoms with E-state index < -0.39 is 5.97 Å². The molecular weight excluding hydrogens is 218 g/mol. The van der Waals surface area contributed by atoms with Crippen molar-refractivity contribution >= 4 is 11.9 Å². The summed E-state index contributed by atoms with van der Waals surface area (Å²) in [5.74, 6) is -0.821. The number of ether oxygens (including phenoxy) is 1. The minimum Gasteiger partial charge on any atom is -0.466 e. The smallest absolute Gasteiger partial charge is 0.330 e. The summed E-state index contributed by atoms with van der Waals surface area (Å²) in [4.78, 5) is 22.4. The molecule has 1 N–H and O–H groups in total. The molecule has 0 heterocycles. The van der Waals surface area contributed by atoms with Gasteiger partial charge in [0.25, 0.3) is 0 Å². The van der Waals surface area contributed by atoms with Gasteiger partial charge in [0.2, 0.25) is 5.91 Å². The fourth-order valence-electron chi connectivity index (χ4n) is 1.96. The van der Waals surface area contributed by atoms with Crippen LogP contribution >= 0.6 is 0 Å². The second-order valence-electron chi connectivity index (χ2n) is 5.97. The molecule has 0 aromatic rings. The average molecular weight is 241 g/mol. The number of nitrogens with one attached hydrogen (secondary N) is 1. The number of rotatable bonds is 4. The van der Waals surface area contributed by atoms with Crippen LogP contribution in [-0.4, -0.2) is 24.5 Å². The van der Waals surface area contributed by atoms with Crippen molar-refractivity contribution in [1.82, 2.24) is 5.32 Å². The van der Waals surface area contributed by atoms with Gasteiger partial charge in [-0.25, -0.2) is 4.79 Å². The molecule has 0 saturated heterocycles. The van der Waals surface area contributed by atoms with Gasteiger partial charge in [0, 0.05) is 17.7 Å². The highest BCUT2D eigenvalue weighted by molar-refractivity contribution is 5.94. The maximum absolute atomic E-state index is 11.6. The Labute approximate surface area is 103 Å². The summed E-state index contributed by atoms with van der Waals surface area (Å²) in [6.07, 6.45) is 3.15. The van der Waals surface area contributed by atoms with E-state index in [1.165, 1.54) is 13.2 Å². The van der Waals surface area contributed by atoms with Crippen LogP contribution in [0.5, 0.6) is 0 Å². The Hall–Kier alpha value is -1.32. The summed E-state index contributed by atoms with van der Waals surface area (Å²) in [5.41, 5.74) is -0.182. The van der Waals surface area contributed by atoms with Crippen molar-refractivity contribution in [3.63, 3.8) is 0 Å². The molecule has 0 aliphatic heterocycles. The zero-order chi connectivity index (χ0) is 13.7. The Morgan fingerprint density at radius 2 is 1.65 bits per heavy atom. The van der Waals surface area contributed by atoms with Gasteiger partial charge in [-0.15, -0.1) is 0 Å². The molecule has 0 spiro atoms. The van der Waals surface area contributed by atoms with E-state index >= 15 is 0 Å². The van der Waals surface area contributed by atoms with Gasteiger partial charge in [-0.3, -0.25) is 4.79 Å². The van der Waals surface area contributed by atoms with E-state index in [0.29, 0.717) is 0 Å². The number of amides is 1. The van der Waals surface area contributed by atoms with Crippen LogP contribution in [0.15, 0.2) is 12.2 Å². The molecule has 0 rings (SSSR count). The molecule has 0 aromatic heterocycles. The Morgan fingerprint density at radius 3 is 2.06 bits per heavy atom. The summed E-state index contributed by atoms with van der Waals surface area (Å²) >= 11 is 0. The van der Waals surface area contributed by atoms with Gasteiger partial charge < -0.3 is 10.1 Å². The monoisotopic (exact) mass is 241 g/mol. The Kier molecular flexibility index (Phi) is 5.39. The number of esters is 1. The molecule has 0 bridgehead atoms. The van der Waals surface area contributed by atoms with Crippen LogP contribution in [0.4, 0.5) is 0 Å². The Morgan fingerprint density at radius 1 is 1.12 bits per heavy atom. The predicted molar refractivity (Wildman–Crippen MR) is 67.4 cm³/mol. The molecule has 1 amide bonds. The molecule has 0 saturated carbocycles. The van der Waals surface area contributed by atoms with Crippen molar-refractivity contribution in [3.05, 3.63) is 12.2 Å². The SMILES string of the molecule is COC(=O)/C=C\C(=O)NC(C)(C)CC(C)(C)C. The molecule has 4 heteroatoms. The summed E-state index contributed by atoms with van der Waals surface area (Å²) in [5, 5.41) is 2.86. The number of carbonyl (C=O) groups excluding carboxylic acids is 2. The molecule has 0 aromatic carbocycles. The summed E-state index contributed by atoms with van der Waals surface area (Å²) < 4.78 is 4.41. The van der Waals surface area contributed by atoms with E-state index in [9.17, 15) is 9.59 Å². The number of methoxy groups -OCH3 is 1. The van der Waals surface area contributed by atoms with Crippen LogP contribution in [0.25, 0.3) is 0 Å². The molecule has 98 valence electrons. The van der Waals surface area contributed by atoms with E-state index in [0.717, 1.165) is 12.5 Å². The molecule has 0 aliphatic carbocycles. The molecule has 0 unspecified atom stereocenters. The zero-order valence-electron chi connectivity index (χ0n) is 11.6. The first-order valence-electron chi connectivity index (χ1n) is 5.64. The fraction of sp³-hybridized carbons (Fsp3) is 0.692. The van der Waals surface area contributed by atoms with Crippen molar-refractivity contribution in [2.24, 2.45) is 5.41 Å². The van der Waals surface area contributed by atoms with Crippen molar-refractivity contribution < 1.29 is 14.3 Å². The predicted octanol–water partition coefficient (Wildman–Crippen LogP) is 2.05. The number of hydrogen-bond donors (Lipinski definition) is 1. The van der Waals surface area contributed by atoms with Crippen molar-refractivity contribution in [2.45, 2.75) is 46.6 Å². The average Bonchev–Trinajstić information content (AvgIpc) is 2.09. The molecule has 0 aliphatic rings. The first-order valence-corrected chi connectivity index (χ1v) is 5.64. The molecule has 0 fully saturated rings.